The topological polar surface area (TPSA) is 41.6 Å². The number of hydrogen-bond donors (Lipinski definition) is 1. The summed E-state index contributed by atoms with van der Waals surface area (Å²) in [5.41, 5.74) is 0. The molecule has 17 heavy (non-hydrogen) atoms. The van der Waals surface area contributed by atoms with Crippen molar-refractivity contribution in [2.45, 2.75) is 37.8 Å². The molecular formula is C12H22N2O2S. The van der Waals surface area contributed by atoms with E-state index in [2.05, 4.69) is 5.32 Å². The maximum atomic E-state index is 11.5. The Balaban J connectivity index is 1.78. The molecule has 4 nitrogen and oxygen atoms in total. The Bertz CT molecular complexity index is 257. The van der Waals surface area contributed by atoms with Crippen LogP contribution in [0.25, 0.3) is 0 Å². The molecule has 0 saturated carbocycles. The molecule has 98 valence electrons. The summed E-state index contributed by atoms with van der Waals surface area (Å²) in [6.45, 7) is 1.64. The predicted molar refractivity (Wildman–Crippen MR) is 70.5 cm³/mol. The van der Waals surface area contributed by atoms with Crippen molar-refractivity contribution in [2.75, 3.05) is 31.7 Å². The van der Waals surface area contributed by atoms with Gasteiger partial charge in [-0.2, -0.15) is 11.8 Å². The van der Waals surface area contributed by atoms with Gasteiger partial charge < -0.3 is 15.0 Å². The molecule has 1 amide bonds. The first-order valence-electron chi connectivity index (χ1n) is 6.46. The molecule has 2 aliphatic rings. The van der Waals surface area contributed by atoms with E-state index in [9.17, 15) is 4.79 Å². The van der Waals surface area contributed by atoms with E-state index in [1.54, 1.807) is 0 Å². The van der Waals surface area contributed by atoms with Crippen LogP contribution in [0.15, 0.2) is 0 Å². The summed E-state index contributed by atoms with van der Waals surface area (Å²) in [7, 11) is 1.46. The molecule has 0 radical (unpaired) electrons. The third-order valence-corrected chi connectivity index (χ3v) is 4.70. The summed E-state index contributed by atoms with van der Waals surface area (Å²) in [5, 5.41) is 3.70. The monoisotopic (exact) mass is 258 g/mol. The normalized spacial score (nSPS) is 30.1. The lowest BCUT2D eigenvalue weighted by Gasteiger charge is -2.35. The van der Waals surface area contributed by atoms with E-state index >= 15 is 0 Å². The third-order valence-electron chi connectivity index (χ3n) is 3.49. The first-order chi connectivity index (χ1) is 8.29. The zero-order valence-corrected chi connectivity index (χ0v) is 11.3. The molecule has 2 aliphatic heterocycles. The SMILES string of the molecule is COC(=O)N1CCC[C@@H](N[C@H]2CCCSC2)C1. The van der Waals surface area contributed by atoms with Crippen molar-refractivity contribution in [1.82, 2.24) is 10.2 Å². The van der Waals surface area contributed by atoms with Gasteiger partial charge >= 0.3 is 6.09 Å². The number of carbonyl (C=O) groups excluding carboxylic acids is 1. The summed E-state index contributed by atoms with van der Waals surface area (Å²) in [4.78, 5) is 13.3. The number of nitrogens with zero attached hydrogens (tertiary/aromatic N) is 1. The molecule has 0 aromatic heterocycles. The highest BCUT2D eigenvalue weighted by Crippen LogP contribution is 2.19. The molecule has 2 atom stereocenters. The molecule has 0 spiro atoms. The smallest absolute Gasteiger partial charge is 0.409 e. The highest BCUT2D eigenvalue weighted by Gasteiger charge is 2.26. The lowest BCUT2D eigenvalue weighted by molar-refractivity contribution is 0.106. The number of methoxy groups -OCH3 is 1. The van der Waals surface area contributed by atoms with Gasteiger partial charge in [0.25, 0.3) is 0 Å². The molecule has 0 bridgehead atoms. The number of thioether (sulfide) groups is 1. The molecule has 0 unspecified atom stereocenters. The number of rotatable bonds is 2. The number of ether oxygens (including phenoxy) is 1. The Morgan fingerprint density at radius 1 is 1.35 bits per heavy atom. The molecule has 0 aromatic rings. The second kappa shape index (κ2) is 6.50. The van der Waals surface area contributed by atoms with Gasteiger partial charge in [0.15, 0.2) is 0 Å². The Morgan fingerprint density at radius 3 is 2.88 bits per heavy atom. The third kappa shape index (κ3) is 3.78. The van der Waals surface area contributed by atoms with Gasteiger partial charge in [-0.1, -0.05) is 0 Å². The summed E-state index contributed by atoms with van der Waals surface area (Å²) < 4.78 is 4.78. The molecule has 0 aromatic carbocycles. The zero-order chi connectivity index (χ0) is 12.1. The molecule has 5 heteroatoms. The van der Waals surface area contributed by atoms with Gasteiger partial charge in [-0.15, -0.1) is 0 Å². The van der Waals surface area contributed by atoms with Crippen molar-refractivity contribution >= 4 is 17.9 Å². The molecule has 2 rings (SSSR count). The zero-order valence-electron chi connectivity index (χ0n) is 10.5. The van der Waals surface area contributed by atoms with Gasteiger partial charge in [0.1, 0.15) is 0 Å². The number of carbonyl (C=O) groups is 1. The minimum atomic E-state index is -0.186. The van der Waals surface area contributed by atoms with Crippen molar-refractivity contribution in [3.05, 3.63) is 0 Å². The van der Waals surface area contributed by atoms with E-state index in [0.717, 1.165) is 19.5 Å². The number of piperidine rings is 1. The van der Waals surface area contributed by atoms with E-state index < -0.39 is 0 Å². The largest absolute Gasteiger partial charge is 0.453 e. The van der Waals surface area contributed by atoms with Crippen LogP contribution in [0, 0.1) is 0 Å². The van der Waals surface area contributed by atoms with Crippen molar-refractivity contribution in [3.63, 3.8) is 0 Å². The molecule has 2 saturated heterocycles. The highest BCUT2D eigenvalue weighted by atomic mass is 32.2. The van der Waals surface area contributed by atoms with Crippen LogP contribution in [0.4, 0.5) is 4.79 Å². The van der Waals surface area contributed by atoms with Gasteiger partial charge in [-0.25, -0.2) is 4.79 Å². The summed E-state index contributed by atoms with van der Waals surface area (Å²) in [6.07, 6.45) is 4.66. The molecule has 0 aliphatic carbocycles. The van der Waals surface area contributed by atoms with Crippen LogP contribution >= 0.6 is 11.8 Å². The Labute approximate surface area is 107 Å². The fraction of sp³-hybridized carbons (Fsp3) is 0.917. The van der Waals surface area contributed by atoms with Gasteiger partial charge in [0, 0.05) is 30.9 Å². The fourth-order valence-electron chi connectivity index (χ4n) is 2.61. The number of nitrogens with one attached hydrogen (secondary N) is 1. The van der Waals surface area contributed by atoms with Gasteiger partial charge in [-0.05, 0) is 31.4 Å². The van der Waals surface area contributed by atoms with E-state index in [4.69, 9.17) is 4.74 Å². The lowest BCUT2D eigenvalue weighted by atomic mass is 10.0. The first kappa shape index (κ1) is 13.0. The molecule has 2 fully saturated rings. The van der Waals surface area contributed by atoms with Crippen LogP contribution in [-0.2, 0) is 4.74 Å². The summed E-state index contributed by atoms with van der Waals surface area (Å²) in [5.74, 6) is 2.52. The second-order valence-electron chi connectivity index (χ2n) is 4.84. The Morgan fingerprint density at radius 2 is 2.18 bits per heavy atom. The van der Waals surface area contributed by atoms with Crippen molar-refractivity contribution in [1.29, 1.82) is 0 Å². The number of amides is 1. The standard InChI is InChI=1S/C12H22N2O2S/c1-16-12(15)14-6-2-4-10(8-14)13-11-5-3-7-17-9-11/h10-11,13H,2-9H2,1H3/t10-,11+/m1/s1. The minimum absolute atomic E-state index is 0.186. The minimum Gasteiger partial charge on any atom is -0.453 e. The van der Waals surface area contributed by atoms with Crippen LogP contribution < -0.4 is 5.32 Å². The van der Waals surface area contributed by atoms with E-state index in [0.29, 0.717) is 12.1 Å². The van der Waals surface area contributed by atoms with Crippen molar-refractivity contribution < 1.29 is 9.53 Å². The van der Waals surface area contributed by atoms with Crippen molar-refractivity contribution in [2.24, 2.45) is 0 Å². The van der Waals surface area contributed by atoms with E-state index in [-0.39, 0.29) is 6.09 Å². The van der Waals surface area contributed by atoms with Crippen molar-refractivity contribution in [3.8, 4) is 0 Å². The maximum absolute atomic E-state index is 11.5. The highest BCUT2D eigenvalue weighted by molar-refractivity contribution is 7.99. The number of likely N-dealkylation sites (tertiary alicyclic amines) is 1. The van der Waals surface area contributed by atoms with Crippen LogP contribution in [0.2, 0.25) is 0 Å². The Hall–Kier alpha value is -0.420. The average Bonchev–Trinajstić information content (AvgIpc) is 2.39. The number of hydrogen-bond acceptors (Lipinski definition) is 4. The summed E-state index contributed by atoms with van der Waals surface area (Å²) in [6, 6.07) is 1.09. The molecule has 1 N–H and O–H groups in total. The van der Waals surface area contributed by atoms with Crippen LogP contribution in [0.3, 0.4) is 0 Å². The molecular weight excluding hydrogens is 236 g/mol. The first-order valence-corrected chi connectivity index (χ1v) is 7.61. The summed E-state index contributed by atoms with van der Waals surface area (Å²) >= 11 is 2.04. The lowest BCUT2D eigenvalue weighted by Crippen LogP contribution is -2.51. The Kier molecular flexibility index (Phi) is 4.98. The fourth-order valence-corrected chi connectivity index (χ4v) is 3.70. The molecule has 2 heterocycles. The quantitative estimate of drug-likeness (QED) is 0.818. The van der Waals surface area contributed by atoms with E-state index in [1.807, 2.05) is 16.7 Å². The van der Waals surface area contributed by atoms with E-state index in [1.165, 1.54) is 37.9 Å². The van der Waals surface area contributed by atoms with Crippen LogP contribution in [-0.4, -0.2) is 54.8 Å². The second-order valence-corrected chi connectivity index (χ2v) is 5.99. The van der Waals surface area contributed by atoms with Gasteiger partial charge in [0.05, 0.1) is 7.11 Å². The van der Waals surface area contributed by atoms with Crippen LogP contribution in [0.1, 0.15) is 25.7 Å². The van der Waals surface area contributed by atoms with Gasteiger partial charge in [-0.3, -0.25) is 0 Å². The maximum Gasteiger partial charge on any atom is 0.409 e. The van der Waals surface area contributed by atoms with Crippen LogP contribution in [0.5, 0.6) is 0 Å². The van der Waals surface area contributed by atoms with Gasteiger partial charge in [0.2, 0.25) is 0 Å². The predicted octanol–water partition coefficient (Wildman–Crippen LogP) is 1.70. The average molecular weight is 258 g/mol.